The van der Waals surface area contributed by atoms with Crippen LogP contribution in [-0.4, -0.2) is 18.4 Å². The van der Waals surface area contributed by atoms with Gasteiger partial charge in [-0.2, -0.15) is 0 Å². The highest BCUT2D eigenvalue weighted by Gasteiger charge is 2.43. The van der Waals surface area contributed by atoms with Gasteiger partial charge in [0.05, 0.1) is 18.1 Å². The predicted octanol–water partition coefficient (Wildman–Crippen LogP) is 6.76. The number of nitrogens with one attached hydrogen (secondary N) is 1. The Labute approximate surface area is 216 Å². The first-order valence-corrected chi connectivity index (χ1v) is 13.1. The number of dihydropyridines is 1. The molecule has 1 aliphatic heterocycles. The number of thiophene rings is 1. The third kappa shape index (κ3) is 5.19. The van der Waals surface area contributed by atoms with E-state index in [9.17, 15) is 9.59 Å². The molecule has 0 spiro atoms. The topological polar surface area (TPSA) is 64.6 Å². The molecule has 0 amide bonds. The van der Waals surface area contributed by atoms with Gasteiger partial charge in [-0.15, -0.1) is 11.3 Å². The standard InChI is InChI=1S/C28H32ClNO4S/c1-7-33-27(32)24-16(3)30-20-12-28(5,6)13-21(31)25(20)26(24)23-11-18(17(4)35-23)14-34-22-9-8-19(29)10-15(22)2/h8-11,26,30H,7,12-14H2,1-6H3/t26-/m0/s1. The summed E-state index contributed by atoms with van der Waals surface area (Å²) in [5.41, 5.74) is 4.75. The summed E-state index contributed by atoms with van der Waals surface area (Å²) in [4.78, 5) is 28.6. The van der Waals surface area contributed by atoms with E-state index in [1.165, 1.54) is 0 Å². The molecule has 2 aromatic rings. The second-order valence-electron chi connectivity index (χ2n) is 10.1. The molecule has 5 nitrogen and oxygen atoms in total. The van der Waals surface area contributed by atoms with Crippen molar-refractivity contribution < 1.29 is 19.1 Å². The van der Waals surface area contributed by atoms with E-state index < -0.39 is 5.92 Å². The number of hydrogen-bond donors (Lipinski definition) is 1. The van der Waals surface area contributed by atoms with Gasteiger partial charge in [0.25, 0.3) is 0 Å². The fourth-order valence-electron chi connectivity index (χ4n) is 4.96. The van der Waals surface area contributed by atoms with Gasteiger partial charge in [-0.25, -0.2) is 4.79 Å². The minimum atomic E-state index is -0.441. The van der Waals surface area contributed by atoms with Gasteiger partial charge in [-0.05, 0) is 69.4 Å². The van der Waals surface area contributed by atoms with Crippen molar-refractivity contribution in [3.8, 4) is 5.75 Å². The maximum absolute atomic E-state index is 13.4. The number of carbonyl (C=O) groups is 2. The van der Waals surface area contributed by atoms with Gasteiger partial charge in [0, 0.05) is 43.7 Å². The third-order valence-corrected chi connectivity index (χ3v) is 7.97. The molecule has 1 aliphatic carbocycles. The number of aryl methyl sites for hydroxylation is 2. The van der Waals surface area contributed by atoms with E-state index in [-0.39, 0.29) is 23.8 Å². The molecule has 2 heterocycles. The highest BCUT2D eigenvalue weighted by molar-refractivity contribution is 7.12. The van der Waals surface area contributed by atoms with E-state index in [0.29, 0.717) is 29.2 Å². The van der Waals surface area contributed by atoms with Crippen molar-refractivity contribution in [3.05, 3.63) is 72.7 Å². The number of ketones is 1. The molecule has 1 aromatic heterocycles. The Bertz CT molecular complexity index is 1250. The van der Waals surface area contributed by atoms with Crippen LogP contribution in [0.1, 0.15) is 67.3 Å². The highest BCUT2D eigenvalue weighted by Crippen LogP contribution is 2.48. The molecule has 1 aromatic carbocycles. The molecule has 4 rings (SSSR count). The third-order valence-electron chi connectivity index (χ3n) is 6.58. The summed E-state index contributed by atoms with van der Waals surface area (Å²) in [6, 6.07) is 7.64. The minimum Gasteiger partial charge on any atom is -0.489 e. The number of rotatable bonds is 6. The first-order chi connectivity index (χ1) is 16.5. The second-order valence-corrected chi connectivity index (χ2v) is 11.8. The number of hydrogen-bond acceptors (Lipinski definition) is 6. The number of halogens is 1. The molecule has 1 atom stereocenters. The Balaban J connectivity index is 1.73. The monoisotopic (exact) mass is 513 g/mol. The number of esters is 1. The van der Waals surface area contributed by atoms with Crippen LogP contribution < -0.4 is 10.1 Å². The molecular formula is C28H32ClNO4S. The average Bonchev–Trinajstić information content (AvgIpc) is 3.11. The van der Waals surface area contributed by atoms with Crippen molar-refractivity contribution in [2.75, 3.05) is 6.61 Å². The molecule has 0 fully saturated rings. The predicted molar refractivity (Wildman–Crippen MR) is 140 cm³/mol. The van der Waals surface area contributed by atoms with Gasteiger partial charge >= 0.3 is 5.97 Å². The first kappa shape index (κ1) is 25.5. The lowest BCUT2D eigenvalue weighted by Crippen LogP contribution is -2.38. The molecule has 2 aliphatic rings. The molecular weight excluding hydrogens is 482 g/mol. The van der Waals surface area contributed by atoms with Crippen LogP contribution in [0.25, 0.3) is 0 Å². The summed E-state index contributed by atoms with van der Waals surface area (Å²) in [6.07, 6.45) is 1.21. The van der Waals surface area contributed by atoms with Crippen molar-refractivity contribution >= 4 is 34.7 Å². The van der Waals surface area contributed by atoms with Crippen LogP contribution >= 0.6 is 22.9 Å². The summed E-state index contributed by atoms with van der Waals surface area (Å²) in [5, 5.41) is 4.05. The quantitative estimate of drug-likeness (QED) is 0.432. The van der Waals surface area contributed by atoms with Crippen molar-refractivity contribution in [2.24, 2.45) is 5.41 Å². The number of carbonyl (C=O) groups excluding carboxylic acids is 2. The lowest BCUT2D eigenvalue weighted by atomic mass is 9.70. The van der Waals surface area contributed by atoms with Gasteiger partial charge < -0.3 is 14.8 Å². The lowest BCUT2D eigenvalue weighted by Gasteiger charge is -2.39. The molecule has 0 saturated carbocycles. The Hall–Kier alpha value is -2.57. The molecule has 7 heteroatoms. The van der Waals surface area contributed by atoms with Crippen LogP contribution in [0.5, 0.6) is 5.75 Å². The van der Waals surface area contributed by atoms with Crippen molar-refractivity contribution in [1.29, 1.82) is 0 Å². The normalized spacial score (nSPS) is 19.4. The number of Topliss-reactive ketones (excluding diaryl/α,β-unsaturated/α-hetero) is 1. The van der Waals surface area contributed by atoms with Crippen LogP contribution in [0.2, 0.25) is 5.02 Å². The average molecular weight is 514 g/mol. The van der Waals surface area contributed by atoms with E-state index in [1.54, 1.807) is 18.3 Å². The summed E-state index contributed by atoms with van der Waals surface area (Å²) in [6.45, 7) is 12.6. The van der Waals surface area contributed by atoms with E-state index >= 15 is 0 Å². The molecule has 0 unspecified atom stereocenters. The smallest absolute Gasteiger partial charge is 0.336 e. The Morgan fingerprint density at radius 1 is 1.20 bits per heavy atom. The maximum atomic E-state index is 13.4. The number of allylic oxidation sites excluding steroid dienone is 3. The SMILES string of the molecule is CCOC(=O)C1=C(C)NC2=C(C(=O)CC(C)(C)C2)[C@H]1c1cc(COc2ccc(Cl)cc2C)c(C)s1. The van der Waals surface area contributed by atoms with E-state index in [2.05, 4.69) is 25.2 Å². The lowest BCUT2D eigenvalue weighted by molar-refractivity contribution is -0.138. The van der Waals surface area contributed by atoms with Crippen molar-refractivity contribution in [2.45, 2.75) is 66.9 Å². The Kier molecular flexibility index (Phi) is 7.16. The summed E-state index contributed by atoms with van der Waals surface area (Å²) < 4.78 is 11.5. The molecule has 35 heavy (non-hydrogen) atoms. The van der Waals surface area contributed by atoms with Gasteiger partial charge in [-0.3, -0.25) is 4.79 Å². The van der Waals surface area contributed by atoms with Gasteiger partial charge in [0.2, 0.25) is 0 Å². The summed E-state index contributed by atoms with van der Waals surface area (Å²) in [5.74, 6) is 0.0423. The molecule has 0 bridgehead atoms. The minimum absolute atomic E-state index is 0.0868. The zero-order valence-electron chi connectivity index (χ0n) is 21.1. The Morgan fingerprint density at radius 2 is 1.94 bits per heavy atom. The van der Waals surface area contributed by atoms with E-state index in [4.69, 9.17) is 21.1 Å². The van der Waals surface area contributed by atoms with Crippen molar-refractivity contribution in [1.82, 2.24) is 5.32 Å². The number of ether oxygens (including phenoxy) is 2. The molecule has 186 valence electrons. The second kappa shape index (κ2) is 9.82. The van der Waals surface area contributed by atoms with Gasteiger partial charge in [0.15, 0.2) is 5.78 Å². The summed E-state index contributed by atoms with van der Waals surface area (Å²) >= 11 is 7.68. The van der Waals surface area contributed by atoms with Crippen LogP contribution in [0, 0.1) is 19.3 Å². The van der Waals surface area contributed by atoms with Crippen molar-refractivity contribution in [3.63, 3.8) is 0 Å². The first-order valence-electron chi connectivity index (χ1n) is 11.9. The van der Waals surface area contributed by atoms with Gasteiger partial charge in [0.1, 0.15) is 12.4 Å². The highest BCUT2D eigenvalue weighted by atomic mass is 35.5. The van der Waals surface area contributed by atoms with Crippen LogP contribution in [0.4, 0.5) is 0 Å². The zero-order valence-corrected chi connectivity index (χ0v) is 22.7. The van der Waals surface area contributed by atoms with Crippen LogP contribution in [-0.2, 0) is 20.9 Å². The fraction of sp³-hybridized carbons (Fsp3) is 0.429. The fourth-order valence-corrected chi connectivity index (χ4v) is 6.34. The maximum Gasteiger partial charge on any atom is 0.336 e. The molecule has 0 radical (unpaired) electrons. The Morgan fingerprint density at radius 3 is 2.63 bits per heavy atom. The zero-order chi connectivity index (χ0) is 25.5. The van der Waals surface area contributed by atoms with Gasteiger partial charge in [-0.1, -0.05) is 25.4 Å². The number of benzene rings is 1. The van der Waals surface area contributed by atoms with E-state index in [0.717, 1.165) is 44.4 Å². The van der Waals surface area contributed by atoms with Crippen LogP contribution in [0.3, 0.4) is 0 Å². The van der Waals surface area contributed by atoms with Crippen LogP contribution in [0.15, 0.2) is 46.8 Å². The molecule has 0 saturated heterocycles. The summed E-state index contributed by atoms with van der Waals surface area (Å²) in [7, 11) is 0. The van der Waals surface area contributed by atoms with E-state index in [1.807, 2.05) is 39.0 Å². The molecule has 1 N–H and O–H groups in total. The largest absolute Gasteiger partial charge is 0.489 e.